The number of nitrogens with two attached hydrogens (primary N) is 1. The van der Waals surface area contributed by atoms with Crippen LogP contribution < -0.4 is 5.73 Å². The lowest BCUT2D eigenvalue weighted by Crippen LogP contribution is -2.54. The summed E-state index contributed by atoms with van der Waals surface area (Å²) in [5.41, 5.74) is 5.20. The molecule has 19 heavy (non-hydrogen) atoms. The Morgan fingerprint density at radius 2 is 1.89 bits per heavy atom. The van der Waals surface area contributed by atoms with Gasteiger partial charge in [0, 0.05) is 32.2 Å². The van der Waals surface area contributed by atoms with Gasteiger partial charge in [-0.25, -0.2) is 0 Å². The first-order valence-electron chi connectivity index (χ1n) is 7.33. The average Bonchev–Trinajstić information content (AvgIpc) is 2.38. The third-order valence-corrected chi connectivity index (χ3v) is 3.94. The van der Waals surface area contributed by atoms with Crippen molar-refractivity contribution >= 4 is 5.97 Å². The Morgan fingerprint density at radius 1 is 1.32 bits per heavy atom. The van der Waals surface area contributed by atoms with Gasteiger partial charge in [0.05, 0.1) is 6.61 Å². The maximum absolute atomic E-state index is 11.8. The number of likely N-dealkylation sites (N-methyl/N-ethyl adjacent to an activating group) is 1. The van der Waals surface area contributed by atoms with Crippen LogP contribution in [0.1, 0.15) is 34.1 Å². The number of esters is 1. The quantitative estimate of drug-likeness (QED) is 0.720. The van der Waals surface area contributed by atoms with E-state index in [0.29, 0.717) is 19.1 Å². The molecule has 0 spiro atoms. The number of hydrogen-bond acceptors (Lipinski definition) is 5. The van der Waals surface area contributed by atoms with Gasteiger partial charge in [-0.1, -0.05) is 6.92 Å². The molecule has 5 nitrogen and oxygen atoms in total. The van der Waals surface area contributed by atoms with Crippen LogP contribution in [-0.4, -0.2) is 66.7 Å². The van der Waals surface area contributed by atoms with Crippen LogP contribution in [0.25, 0.3) is 0 Å². The first-order chi connectivity index (χ1) is 8.90. The standard InChI is InChI=1S/C14H29N3O2/c1-5-16-7-9-17(10-8-16)12(3)11-14(4,15)13(18)19-6-2/h12H,5-11,15H2,1-4H3. The van der Waals surface area contributed by atoms with Gasteiger partial charge in [-0.2, -0.15) is 0 Å². The zero-order chi connectivity index (χ0) is 14.5. The molecule has 1 fully saturated rings. The molecule has 1 saturated heterocycles. The zero-order valence-corrected chi connectivity index (χ0v) is 12.8. The molecule has 0 aromatic carbocycles. The molecule has 0 amide bonds. The number of ether oxygens (including phenoxy) is 1. The highest BCUT2D eigenvalue weighted by Gasteiger charge is 2.34. The molecule has 2 atom stereocenters. The first kappa shape index (κ1) is 16.4. The smallest absolute Gasteiger partial charge is 0.325 e. The molecular formula is C14H29N3O2. The number of carbonyl (C=O) groups is 1. The van der Waals surface area contributed by atoms with E-state index in [-0.39, 0.29) is 5.97 Å². The molecule has 112 valence electrons. The lowest BCUT2D eigenvalue weighted by atomic mass is 9.94. The summed E-state index contributed by atoms with van der Waals surface area (Å²) in [4.78, 5) is 16.7. The number of piperazine rings is 1. The predicted molar refractivity (Wildman–Crippen MR) is 77.0 cm³/mol. The van der Waals surface area contributed by atoms with E-state index in [1.807, 2.05) is 0 Å². The lowest BCUT2D eigenvalue weighted by molar-refractivity contribution is -0.149. The Bertz CT molecular complexity index is 286. The van der Waals surface area contributed by atoms with Gasteiger partial charge in [-0.05, 0) is 33.7 Å². The molecule has 0 aromatic heterocycles. The molecule has 1 heterocycles. The van der Waals surface area contributed by atoms with Crippen molar-refractivity contribution < 1.29 is 9.53 Å². The molecule has 0 bridgehead atoms. The summed E-state index contributed by atoms with van der Waals surface area (Å²) in [7, 11) is 0. The van der Waals surface area contributed by atoms with Crippen LogP contribution in [0.2, 0.25) is 0 Å². The van der Waals surface area contributed by atoms with E-state index < -0.39 is 5.54 Å². The van der Waals surface area contributed by atoms with Gasteiger partial charge in [0.2, 0.25) is 0 Å². The van der Waals surface area contributed by atoms with Crippen molar-refractivity contribution in [3.8, 4) is 0 Å². The second-order valence-electron chi connectivity index (χ2n) is 5.66. The van der Waals surface area contributed by atoms with Crippen LogP contribution in [0.3, 0.4) is 0 Å². The van der Waals surface area contributed by atoms with Crippen LogP contribution >= 0.6 is 0 Å². The van der Waals surface area contributed by atoms with Crippen molar-refractivity contribution in [1.82, 2.24) is 9.80 Å². The van der Waals surface area contributed by atoms with Gasteiger partial charge in [0.15, 0.2) is 0 Å². The number of nitrogens with zero attached hydrogens (tertiary/aromatic N) is 2. The van der Waals surface area contributed by atoms with E-state index in [1.165, 1.54) is 0 Å². The predicted octanol–water partition coefficient (Wildman–Crippen LogP) is 0.683. The van der Waals surface area contributed by atoms with Crippen molar-refractivity contribution in [2.75, 3.05) is 39.3 Å². The van der Waals surface area contributed by atoms with Gasteiger partial charge in [0.25, 0.3) is 0 Å². The second-order valence-corrected chi connectivity index (χ2v) is 5.66. The SMILES string of the molecule is CCOC(=O)C(C)(N)CC(C)N1CCN(CC)CC1. The third kappa shape index (κ3) is 4.75. The lowest BCUT2D eigenvalue weighted by Gasteiger charge is -2.39. The summed E-state index contributed by atoms with van der Waals surface area (Å²) in [5, 5.41) is 0. The fourth-order valence-corrected chi connectivity index (χ4v) is 2.64. The summed E-state index contributed by atoms with van der Waals surface area (Å²) in [6.07, 6.45) is 0.637. The highest BCUT2D eigenvalue weighted by molar-refractivity contribution is 5.80. The van der Waals surface area contributed by atoms with Gasteiger partial charge < -0.3 is 15.4 Å². The van der Waals surface area contributed by atoms with Crippen LogP contribution in [-0.2, 0) is 9.53 Å². The zero-order valence-electron chi connectivity index (χ0n) is 12.8. The van der Waals surface area contributed by atoms with Crippen LogP contribution in [0.15, 0.2) is 0 Å². The molecule has 0 aliphatic carbocycles. The van der Waals surface area contributed by atoms with Crippen molar-refractivity contribution in [1.29, 1.82) is 0 Å². The van der Waals surface area contributed by atoms with Gasteiger partial charge in [0.1, 0.15) is 5.54 Å². The molecule has 1 aliphatic heterocycles. The molecule has 2 N–H and O–H groups in total. The number of carbonyl (C=O) groups excluding carboxylic acids is 1. The van der Waals surface area contributed by atoms with Crippen LogP contribution in [0.4, 0.5) is 0 Å². The molecule has 0 aromatic rings. The van der Waals surface area contributed by atoms with Crippen molar-refractivity contribution in [2.45, 2.75) is 45.7 Å². The minimum atomic E-state index is -0.892. The summed E-state index contributed by atoms with van der Waals surface area (Å²) in [6.45, 7) is 13.7. The minimum absolute atomic E-state index is 0.297. The Morgan fingerprint density at radius 3 is 2.37 bits per heavy atom. The molecule has 1 rings (SSSR count). The largest absolute Gasteiger partial charge is 0.465 e. The highest BCUT2D eigenvalue weighted by atomic mass is 16.5. The Kier molecular flexibility index (Phi) is 6.23. The normalized spacial score (nSPS) is 22.8. The molecule has 5 heteroatoms. The molecule has 1 aliphatic rings. The van der Waals surface area contributed by atoms with Crippen molar-refractivity contribution in [3.05, 3.63) is 0 Å². The maximum atomic E-state index is 11.8. The van der Waals surface area contributed by atoms with E-state index >= 15 is 0 Å². The van der Waals surface area contributed by atoms with Gasteiger partial charge in [-0.15, -0.1) is 0 Å². The summed E-state index contributed by atoms with van der Waals surface area (Å²) >= 11 is 0. The third-order valence-electron chi connectivity index (χ3n) is 3.94. The fraction of sp³-hybridized carbons (Fsp3) is 0.929. The average molecular weight is 271 g/mol. The van der Waals surface area contributed by atoms with Gasteiger partial charge in [-0.3, -0.25) is 9.69 Å². The monoisotopic (exact) mass is 271 g/mol. The van der Waals surface area contributed by atoms with E-state index in [9.17, 15) is 4.79 Å². The highest BCUT2D eigenvalue weighted by Crippen LogP contribution is 2.17. The number of hydrogen-bond donors (Lipinski definition) is 1. The maximum Gasteiger partial charge on any atom is 0.325 e. The topological polar surface area (TPSA) is 58.8 Å². The Labute approximate surface area is 117 Å². The molecular weight excluding hydrogens is 242 g/mol. The van der Waals surface area contributed by atoms with Crippen LogP contribution in [0, 0.1) is 0 Å². The van der Waals surface area contributed by atoms with E-state index in [0.717, 1.165) is 32.7 Å². The molecule has 0 radical (unpaired) electrons. The van der Waals surface area contributed by atoms with E-state index in [4.69, 9.17) is 10.5 Å². The Hall–Kier alpha value is -0.650. The first-order valence-corrected chi connectivity index (χ1v) is 7.33. The van der Waals surface area contributed by atoms with Crippen LogP contribution in [0.5, 0.6) is 0 Å². The summed E-state index contributed by atoms with van der Waals surface area (Å²) in [6, 6.07) is 0.304. The minimum Gasteiger partial charge on any atom is -0.465 e. The summed E-state index contributed by atoms with van der Waals surface area (Å²) < 4.78 is 5.04. The van der Waals surface area contributed by atoms with Crippen molar-refractivity contribution in [3.63, 3.8) is 0 Å². The molecule has 0 saturated carbocycles. The number of rotatable bonds is 6. The second kappa shape index (κ2) is 7.22. The fourth-order valence-electron chi connectivity index (χ4n) is 2.64. The molecule has 2 unspecified atom stereocenters. The Balaban J connectivity index is 2.46. The van der Waals surface area contributed by atoms with E-state index in [2.05, 4.69) is 23.6 Å². The van der Waals surface area contributed by atoms with Crippen molar-refractivity contribution in [2.24, 2.45) is 5.73 Å². The summed E-state index contributed by atoms with van der Waals surface area (Å²) in [5.74, 6) is -0.297. The van der Waals surface area contributed by atoms with Gasteiger partial charge >= 0.3 is 5.97 Å². The van der Waals surface area contributed by atoms with E-state index in [1.54, 1.807) is 13.8 Å².